The van der Waals surface area contributed by atoms with Gasteiger partial charge in [0.25, 0.3) is 0 Å². The molecule has 1 rings (SSSR count). The minimum Gasteiger partial charge on any atom is -0.480 e. The molecule has 0 radical (unpaired) electrons. The summed E-state index contributed by atoms with van der Waals surface area (Å²) in [5, 5.41) is 17.7. The third kappa shape index (κ3) is 2.81. The third-order valence-corrected chi connectivity index (χ3v) is 2.94. The minimum absolute atomic E-state index is 0.00932. The van der Waals surface area contributed by atoms with Gasteiger partial charge in [0.05, 0.1) is 12.0 Å². The summed E-state index contributed by atoms with van der Waals surface area (Å²) in [7, 11) is 0. The molecule has 0 saturated carbocycles. The number of nitrogens with two attached hydrogens (primary N) is 2. The van der Waals surface area contributed by atoms with Crippen molar-refractivity contribution in [2.24, 2.45) is 11.5 Å². The zero-order valence-electron chi connectivity index (χ0n) is 9.35. The van der Waals surface area contributed by atoms with Crippen molar-refractivity contribution in [2.45, 2.75) is 18.1 Å². The van der Waals surface area contributed by atoms with Gasteiger partial charge in [0.1, 0.15) is 6.04 Å². The Morgan fingerprint density at radius 3 is 2.61 bits per heavy atom. The summed E-state index contributed by atoms with van der Waals surface area (Å²) < 4.78 is 1.17. The fraction of sp³-hybridized carbons (Fsp3) is 0.444. The Bertz CT molecular complexity index is 463. The molecule has 6 N–H and O–H groups in total. The molecule has 0 saturated heterocycles. The molecule has 9 heteroatoms. The number of carbonyl (C=O) groups is 2. The summed E-state index contributed by atoms with van der Waals surface area (Å²) >= 11 is 3.89. The molecule has 100 valence electrons. The van der Waals surface area contributed by atoms with E-state index in [0.717, 1.165) is 0 Å². The molecule has 2 atom stereocenters. The van der Waals surface area contributed by atoms with Crippen molar-refractivity contribution in [1.82, 2.24) is 9.55 Å². The number of hydrogen-bond donors (Lipinski definition) is 5. The molecule has 0 aliphatic carbocycles. The van der Waals surface area contributed by atoms with Crippen LogP contribution in [0.15, 0.2) is 12.5 Å². The van der Waals surface area contributed by atoms with E-state index in [2.05, 4.69) is 17.6 Å². The predicted octanol–water partition coefficient (Wildman–Crippen LogP) is -1.54. The fourth-order valence-corrected chi connectivity index (χ4v) is 1.56. The standard InChI is InChI=1S/C9H14N4O4S/c10-6(7(14)15)1-5-2-13(4-12-5)9(11,3-18)8(16)17/h2,4,6,18H,1,3,10-11H2,(H,14,15)(H,16,17)/t6-,9+/m0/s1. The van der Waals surface area contributed by atoms with Crippen LogP contribution in [0.25, 0.3) is 0 Å². The number of carboxylic acids is 2. The second-order valence-electron chi connectivity index (χ2n) is 3.81. The van der Waals surface area contributed by atoms with E-state index in [1.54, 1.807) is 0 Å². The van der Waals surface area contributed by atoms with Gasteiger partial charge >= 0.3 is 11.9 Å². The molecule has 0 fully saturated rings. The molecule has 0 aliphatic heterocycles. The van der Waals surface area contributed by atoms with Gasteiger partial charge in [-0.1, -0.05) is 0 Å². The number of nitrogens with zero attached hydrogens (tertiary/aromatic N) is 2. The Labute approximate surface area is 108 Å². The van der Waals surface area contributed by atoms with Gasteiger partial charge in [0.15, 0.2) is 0 Å². The van der Waals surface area contributed by atoms with Gasteiger partial charge in [-0.2, -0.15) is 12.6 Å². The van der Waals surface area contributed by atoms with Crippen LogP contribution < -0.4 is 11.5 Å². The maximum absolute atomic E-state index is 11.1. The van der Waals surface area contributed by atoms with Crippen molar-refractivity contribution in [2.75, 3.05) is 5.75 Å². The lowest BCUT2D eigenvalue weighted by molar-refractivity contribution is -0.146. The number of thiol groups is 1. The Balaban J connectivity index is 2.92. The van der Waals surface area contributed by atoms with Crippen LogP contribution in [-0.4, -0.2) is 43.5 Å². The summed E-state index contributed by atoms with van der Waals surface area (Å²) in [6, 6.07) is -1.10. The van der Waals surface area contributed by atoms with Crippen LogP contribution in [0.3, 0.4) is 0 Å². The van der Waals surface area contributed by atoms with E-state index >= 15 is 0 Å². The smallest absolute Gasteiger partial charge is 0.345 e. The zero-order valence-corrected chi connectivity index (χ0v) is 10.2. The summed E-state index contributed by atoms with van der Waals surface area (Å²) in [5.74, 6) is -2.55. The maximum atomic E-state index is 11.1. The lowest BCUT2D eigenvalue weighted by Gasteiger charge is -2.23. The number of rotatable bonds is 6. The molecular formula is C9H14N4O4S. The lowest BCUT2D eigenvalue weighted by Crippen LogP contribution is -2.51. The topological polar surface area (TPSA) is 144 Å². The van der Waals surface area contributed by atoms with E-state index in [1.807, 2.05) is 0 Å². The van der Waals surface area contributed by atoms with Gasteiger partial charge in [-0.15, -0.1) is 0 Å². The Morgan fingerprint density at radius 2 is 2.17 bits per heavy atom. The first-order valence-corrected chi connectivity index (χ1v) is 5.59. The van der Waals surface area contributed by atoms with Crippen molar-refractivity contribution < 1.29 is 19.8 Å². The molecule has 1 aromatic rings. The van der Waals surface area contributed by atoms with Crippen LogP contribution in [0.2, 0.25) is 0 Å². The van der Waals surface area contributed by atoms with Crippen molar-refractivity contribution in [3.8, 4) is 0 Å². The van der Waals surface area contributed by atoms with Crippen molar-refractivity contribution in [3.05, 3.63) is 18.2 Å². The Kier molecular flexibility index (Phi) is 4.33. The molecule has 8 nitrogen and oxygen atoms in total. The highest BCUT2D eigenvalue weighted by Crippen LogP contribution is 2.13. The van der Waals surface area contributed by atoms with Gasteiger partial charge in [-0.25, -0.2) is 9.78 Å². The zero-order chi connectivity index (χ0) is 13.9. The van der Waals surface area contributed by atoms with Crippen molar-refractivity contribution >= 4 is 24.6 Å². The average molecular weight is 274 g/mol. The minimum atomic E-state index is -1.72. The van der Waals surface area contributed by atoms with Crippen LogP contribution in [0, 0.1) is 0 Å². The van der Waals surface area contributed by atoms with E-state index in [9.17, 15) is 9.59 Å². The summed E-state index contributed by atoms with van der Waals surface area (Å²) in [5.41, 5.74) is 9.64. The number of aliphatic carboxylic acids is 2. The maximum Gasteiger partial charge on any atom is 0.345 e. The average Bonchev–Trinajstić information content (AvgIpc) is 2.76. The number of imidazole rings is 1. The number of hydrogen-bond acceptors (Lipinski definition) is 6. The first kappa shape index (κ1) is 14.5. The molecule has 1 aromatic heterocycles. The summed E-state index contributed by atoms with van der Waals surface area (Å²) in [6.07, 6.45) is 2.56. The quantitative estimate of drug-likeness (QED) is 0.395. The fourth-order valence-electron chi connectivity index (χ4n) is 1.26. The van der Waals surface area contributed by atoms with E-state index in [1.165, 1.54) is 17.1 Å². The molecule has 0 unspecified atom stereocenters. The predicted molar refractivity (Wildman–Crippen MR) is 65.2 cm³/mol. The lowest BCUT2D eigenvalue weighted by atomic mass is 10.2. The van der Waals surface area contributed by atoms with E-state index in [-0.39, 0.29) is 12.2 Å². The van der Waals surface area contributed by atoms with Gasteiger partial charge in [0, 0.05) is 18.4 Å². The van der Waals surface area contributed by atoms with Crippen LogP contribution in [0.5, 0.6) is 0 Å². The van der Waals surface area contributed by atoms with E-state index < -0.39 is 23.6 Å². The molecule has 0 amide bonds. The molecule has 0 aliphatic rings. The highest BCUT2D eigenvalue weighted by molar-refractivity contribution is 7.80. The SMILES string of the molecule is N[C@@H](Cc1cn([C@](N)(CS)C(=O)O)cn1)C(=O)O. The van der Waals surface area contributed by atoms with Crippen molar-refractivity contribution in [3.63, 3.8) is 0 Å². The summed E-state index contributed by atoms with van der Waals surface area (Å²) in [6.45, 7) is 0. The van der Waals surface area contributed by atoms with Crippen LogP contribution in [-0.2, 0) is 21.7 Å². The van der Waals surface area contributed by atoms with Crippen LogP contribution in [0.1, 0.15) is 5.69 Å². The van der Waals surface area contributed by atoms with E-state index in [4.69, 9.17) is 21.7 Å². The Hall–Kier alpha value is -1.58. The van der Waals surface area contributed by atoms with E-state index in [0.29, 0.717) is 5.69 Å². The number of aromatic nitrogens is 2. The molecular weight excluding hydrogens is 260 g/mol. The third-order valence-electron chi connectivity index (χ3n) is 2.45. The van der Waals surface area contributed by atoms with Crippen molar-refractivity contribution in [1.29, 1.82) is 0 Å². The first-order chi connectivity index (χ1) is 8.31. The highest BCUT2D eigenvalue weighted by Gasteiger charge is 2.34. The monoisotopic (exact) mass is 274 g/mol. The molecule has 18 heavy (non-hydrogen) atoms. The Morgan fingerprint density at radius 1 is 1.56 bits per heavy atom. The largest absolute Gasteiger partial charge is 0.480 e. The molecule has 0 aromatic carbocycles. The van der Waals surface area contributed by atoms with Gasteiger partial charge in [0.2, 0.25) is 5.66 Å². The highest BCUT2D eigenvalue weighted by atomic mass is 32.1. The summed E-state index contributed by atoms with van der Waals surface area (Å²) in [4.78, 5) is 25.5. The normalized spacial score (nSPS) is 15.9. The van der Waals surface area contributed by atoms with Crippen LogP contribution in [0.4, 0.5) is 0 Å². The van der Waals surface area contributed by atoms with Gasteiger partial charge in [-0.05, 0) is 0 Å². The number of carboxylic acid groups (broad SMARTS) is 2. The molecule has 0 bridgehead atoms. The molecule has 1 heterocycles. The van der Waals surface area contributed by atoms with Crippen LogP contribution >= 0.6 is 12.6 Å². The van der Waals surface area contributed by atoms with Gasteiger partial charge in [-0.3, -0.25) is 10.5 Å². The second-order valence-corrected chi connectivity index (χ2v) is 4.12. The molecule has 0 spiro atoms. The second kappa shape index (κ2) is 5.38. The first-order valence-electron chi connectivity index (χ1n) is 4.96. The van der Waals surface area contributed by atoms with Gasteiger partial charge < -0.3 is 20.5 Å².